The number of benzene rings is 2. The molecule has 0 atom stereocenters. The highest BCUT2D eigenvalue weighted by Gasteiger charge is 2.03. The lowest BCUT2D eigenvalue weighted by Crippen LogP contribution is -2.10. The monoisotopic (exact) mass is 403 g/mol. The molecule has 146 valence electrons. The minimum absolute atomic E-state index is 0.687. The van der Waals surface area contributed by atoms with Crippen molar-refractivity contribution in [2.75, 3.05) is 11.9 Å². The molecule has 0 aliphatic carbocycles. The van der Waals surface area contributed by atoms with Crippen LogP contribution in [-0.4, -0.2) is 11.6 Å². The largest absolute Gasteiger partial charge is 0.494 e. The number of hydrogen-bond acceptors (Lipinski definition) is 2. The fraction of sp³-hybridized carbons (Fsp3) is 0.435. The summed E-state index contributed by atoms with van der Waals surface area (Å²) >= 11 is 11.4. The average Bonchev–Trinajstić information content (AvgIpc) is 2.69. The fourth-order valence-electron chi connectivity index (χ4n) is 2.86. The first-order chi connectivity index (χ1) is 13.2. The Hall–Kier alpha value is -1.58. The zero-order chi connectivity index (χ0) is 19.3. The average molecular weight is 404 g/mol. The van der Waals surface area contributed by atoms with E-state index in [2.05, 4.69) is 12.2 Å². The van der Waals surface area contributed by atoms with Crippen molar-refractivity contribution in [3.8, 4) is 5.75 Å². The van der Waals surface area contributed by atoms with Gasteiger partial charge in [0.2, 0.25) is 0 Å². The van der Waals surface area contributed by atoms with Crippen LogP contribution in [0.2, 0.25) is 5.02 Å². The van der Waals surface area contributed by atoms with Gasteiger partial charge in [-0.2, -0.15) is 0 Å². The van der Waals surface area contributed by atoms with Crippen LogP contribution >= 0.6 is 23.8 Å². The summed E-state index contributed by atoms with van der Waals surface area (Å²) in [7, 11) is 0. The molecule has 2 rings (SSSR count). The SMILES string of the molecule is CCCCCCCCCCOc1ccc(C(=S)Nc2ccc(Cl)cc2)cc1. The number of rotatable bonds is 12. The number of unbranched alkanes of at least 4 members (excludes halogenated alkanes) is 7. The van der Waals surface area contributed by atoms with Gasteiger partial charge in [-0.15, -0.1) is 0 Å². The minimum atomic E-state index is 0.687. The molecule has 2 aromatic rings. The van der Waals surface area contributed by atoms with Crippen LogP contribution in [0.5, 0.6) is 5.75 Å². The van der Waals surface area contributed by atoms with Crippen molar-refractivity contribution >= 4 is 34.5 Å². The molecule has 0 heterocycles. The second-order valence-electron chi connectivity index (χ2n) is 6.81. The van der Waals surface area contributed by atoms with Crippen LogP contribution in [-0.2, 0) is 0 Å². The second kappa shape index (κ2) is 12.7. The molecule has 2 nitrogen and oxygen atoms in total. The molecule has 0 saturated heterocycles. The maximum absolute atomic E-state index is 5.90. The first kappa shape index (κ1) is 21.7. The molecule has 0 radical (unpaired) electrons. The third kappa shape index (κ3) is 8.77. The lowest BCUT2D eigenvalue weighted by molar-refractivity contribution is 0.304. The summed E-state index contributed by atoms with van der Waals surface area (Å²) in [5.41, 5.74) is 1.90. The smallest absolute Gasteiger partial charge is 0.119 e. The lowest BCUT2D eigenvalue weighted by Gasteiger charge is -2.10. The molecular formula is C23H30ClNOS. The summed E-state index contributed by atoms with van der Waals surface area (Å²) in [6, 6.07) is 15.5. The zero-order valence-electron chi connectivity index (χ0n) is 16.2. The van der Waals surface area contributed by atoms with Gasteiger partial charge in [-0.25, -0.2) is 0 Å². The van der Waals surface area contributed by atoms with E-state index in [4.69, 9.17) is 28.6 Å². The van der Waals surface area contributed by atoms with Gasteiger partial charge in [0.15, 0.2) is 0 Å². The summed E-state index contributed by atoms with van der Waals surface area (Å²) in [6.07, 6.45) is 10.5. The molecule has 1 N–H and O–H groups in total. The predicted molar refractivity (Wildman–Crippen MR) is 121 cm³/mol. The zero-order valence-corrected chi connectivity index (χ0v) is 17.7. The van der Waals surface area contributed by atoms with E-state index in [1.54, 1.807) is 0 Å². The number of ether oxygens (including phenoxy) is 1. The summed E-state index contributed by atoms with van der Waals surface area (Å²) in [4.78, 5) is 0.687. The topological polar surface area (TPSA) is 21.3 Å². The van der Waals surface area contributed by atoms with Crippen molar-refractivity contribution in [1.82, 2.24) is 0 Å². The molecule has 2 aromatic carbocycles. The molecule has 0 aliphatic heterocycles. The van der Waals surface area contributed by atoms with E-state index in [-0.39, 0.29) is 0 Å². The van der Waals surface area contributed by atoms with Crippen molar-refractivity contribution in [2.24, 2.45) is 0 Å². The maximum Gasteiger partial charge on any atom is 0.119 e. The molecule has 0 fully saturated rings. The maximum atomic E-state index is 5.90. The van der Waals surface area contributed by atoms with Gasteiger partial charge in [-0.3, -0.25) is 0 Å². The van der Waals surface area contributed by atoms with Crippen molar-refractivity contribution in [3.05, 3.63) is 59.1 Å². The van der Waals surface area contributed by atoms with Crippen LogP contribution in [0.1, 0.15) is 63.9 Å². The predicted octanol–water partition coefficient (Wildman–Crippen LogP) is 7.65. The fourth-order valence-corrected chi connectivity index (χ4v) is 3.24. The quantitative estimate of drug-likeness (QED) is 0.290. The standard InChI is InChI=1S/C23H30ClNOS/c1-2-3-4-5-6-7-8-9-18-26-22-16-10-19(11-17-22)23(27)25-21-14-12-20(24)13-15-21/h10-17H,2-9,18H2,1H3,(H,25,27). The number of halogens is 1. The van der Waals surface area contributed by atoms with Gasteiger partial charge in [0.1, 0.15) is 10.7 Å². The first-order valence-corrected chi connectivity index (χ1v) is 10.8. The van der Waals surface area contributed by atoms with Gasteiger partial charge in [-0.1, -0.05) is 75.7 Å². The van der Waals surface area contributed by atoms with Crippen molar-refractivity contribution in [2.45, 2.75) is 58.3 Å². The molecular weight excluding hydrogens is 374 g/mol. The van der Waals surface area contributed by atoms with E-state index in [9.17, 15) is 0 Å². The van der Waals surface area contributed by atoms with Crippen LogP contribution in [0.25, 0.3) is 0 Å². The van der Waals surface area contributed by atoms with E-state index < -0.39 is 0 Å². The third-order valence-electron chi connectivity index (χ3n) is 4.49. The highest BCUT2D eigenvalue weighted by atomic mass is 35.5. The van der Waals surface area contributed by atoms with Crippen LogP contribution in [0.15, 0.2) is 48.5 Å². The van der Waals surface area contributed by atoms with Crippen LogP contribution in [0.4, 0.5) is 5.69 Å². The van der Waals surface area contributed by atoms with Crippen LogP contribution < -0.4 is 10.1 Å². The van der Waals surface area contributed by atoms with Gasteiger partial charge < -0.3 is 10.1 Å². The molecule has 0 aromatic heterocycles. The normalized spacial score (nSPS) is 10.6. The third-order valence-corrected chi connectivity index (χ3v) is 5.07. The van der Waals surface area contributed by atoms with Crippen molar-refractivity contribution in [3.63, 3.8) is 0 Å². The number of thiocarbonyl (C=S) groups is 1. The Kier molecular flexibility index (Phi) is 10.3. The van der Waals surface area contributed by atoms with Gasteiger partial charge in [0.25, 0.3) is 0 Å². The Balaban J connectivity index is 1.64. The molecule has 4 heteroatoms. The van der Waals surface area contributed by atoms with E-state index in [1.807, 2.05) is 48.5 Å². The first-order valence-electron chi connectivity index (χ1n) is 9.99. The molecule has 0 aliphatic rings. The Bertz CT molecular complexity index is 670. The molecule has 0 unspecified atom stereocenters. The van der Waals surface area contributed by atoms with Crippen molar-refractivity contribution < 1.29 is 4.74 Å². The summed E-state index contributed by atoms with van der Waals surface area (Å²) in [5, 5.41) is 3.93. The molecule has 0 amide bonds. The van der Waals surface area contributed by atoms with Gasteiger partial charge in [-0.05, 0) is 55.0 Å². The van der Waals surface area contributed by atoms with Crippen LogP contribution in [0.3, 0.4) is 0 Å². The van der Waals surface area contributed by atoms with E-state index in [0.29, 0.717) is 10.0 Å². The van der Waals surface area contributed by atoms with E-state index in [0.717, 1.165) is 30.0 Å². The van der Waals surface area contributed by atoms with Crippen molar-refractivity contribution in [1.29, 1.82) is 0 Å². The molecule has 0 spiro atoms. The Morgan fingerprint density at radius 1 is 0.852 bits per heavy atom. The lowest BCUT2D eigenvalue weighted by atomic mass is 10.1. The number of anilines is 1. The molecule has 0 saturated carbocycles. The summed E-state index contributed by atoms with van der Waals surface area (Å²) < 4.78 is 5.84. The van der Waals surface area contributed by atoms with E-state index in [1.165, 1.54) is 44.9 Å². The molecule has 27 heavy (non-hydrogen) atoms. The van der Waals surface area contributed by atoms with Gasteiger partial charge in [0.05, 0.1) is 6.61 Å². The van der Waals surface area contributed by atoms with Crippen LogP contribution in [0, 0.1) is 0 Å². The highest BCUT2D eigenvalue weighted by Crippen LogP contribution is 2.17. The summed E-state index contributed by atoms with van der Waals surface area (Å²) in [6.45, 7) is 3.04. The highest BCUT2D eigenvalue weighted by molar-refractivity contribution is 7.81. The Morgan fingerprint density at radius 3 is 2.07 bits per heavy atom. The van der Waals surface area contributed by atoms with Gasteiger partial charge >= 0.3 is 0 Å². The van der Waals surface area contributed by atoms with Gasteiger partial charge in [0, 0.05) is 16.3 Å². The molecule has 0 bridgehead atoms. The van der Waals surface area contributed by atoms with E-state index >= 15 is 0 Å². The summed E-state index contributed by atoms with van der Waals surface area (Å²) in [5.74, 6) is 0.899. The minimum Gasteiger partial charge on any atom is -0.494 e. The Labute approximate surface area is 174 Å². The second-order valence-corrected chi connectivity index (χ2v) is 7.65. The Morgan fingerprint density at radius 2 is 1.44 bits per heavy atom. The number of hydrogen-bond donors (Lipinski definition) is 1. The number of nitrogens with one attached hydrogen (secondary N) is 1.